The van der Waals surface area contributed by atoms with Crippen molar-refractivity contribution >= 4 is 11.9 Å². The minimum Gasteiger partial charge on any atom is -0.454 e. The maximum Gasteiger partial charge on any atom is 0.325 e. The van der Waals surface area contributed by atoms with E-state index in [4.69, 9.17) is 9.47 Å². The van der Waals surface area contributed by atoms with Crippen LogP contribution in [-0.4, -0.2) is 43.8 Å². The topological polar surface area (TPSA) is 111 Å². The largest absolute Gasteiger partial charge is 0.454 e. The van der Waals surface area contributed by atoms with E-state index in [2.05, 4.69) is 27.8 Å². The van der Waals surface area contributed by atoms with E-state index in [1.54, 1.807) is 29.8 Å². The van der Waals surface area contributed by atoms with Gasteiger partial charge in [0.1, 0.15) is 5.54 Å². The third-order valence-corrected chi connectivity index (χ3v) is 4.85. The molecule has 10 heteroatoms. The van der Waals surface area contributed by atoms with Crippen molar-refractivity contribution in [2.24, 2.45) is 0 Å². The molecule has 3 heterocycles. The predicted molar refractivity (Wildman–Crippen MR) is 91.7 cm³/mol. The van der Waals surface area contributed by atoms with E-state index in [0.29, 0.717) is 29.4 Å². The van der Waals surface area contributed by atoms with Gasteiger partial charge in [0.15, 0.2) is 17.3 Å². The Kier molecular flexibility index (Phi) is 4.17. The maximum atomic E-state index is 13.1. The number of nitrogens with zero attached hydrogens (tertiary/aromatic N) is 5. The summed E-state index contributed by atoms with van der Waals surface area (Å²) < 4.78 is 12.3. The number of aryl methyl sites for hydroxylation is 1. The Morgan fingerprint density at radius 2 is 2.07 bits per heavy atom. The van der Waals surface area contributed by atoms with E-state index >= 15 is 0 Å². The van der Waals surface area contributed by atoms with E-state index in [-0.39, 0.29) is 19.2 Å². The average Bonchev–Trinajstić information content (AvgIpc) is 3.35. The highest BCUT2D eigenvalue weighted by molar-refractivity contribution is 6.07. The predicted octanol–water partition coefficient (Wildman–Crippen LogP) is 1.17. The number of urea groups is 1. The second kappa shape index (κ2) is 6.53. The van der Waals surface area contributed by atoms with Crippen LogP contribution in [-0.2, 0) is 23.4 Å². The van der Waals surface area contributed by atoms with Crippen LogP contribution in [0.5, 0.6) is 11.5 Å². The van der Waals surface area contributed by atoms with Crippen LogP contribution in [0.4, 0.5) is 4.79 Å². The number of aromatic nitrogens is 4. The summed E-state index contributed by atoms with van der Waals surface area (Å²) in [6, 6.07) is 4.72. The van der Waals surface area contributed by atoms with Crippen molar-refractivity contribution in [1.29, 1.82) is 0 Å². The van der Waals surface area contributed by atoms with Crippen molar-refractivity contribution in [2.75, 3.05) is 6.79 Å². The van der Waals surface area contributed by atoms with Crippen LogP contribution in [0.15, 0.2) is 18.2 Å². The van der Waals surface area contributed by atoms with Gasteiger partial charge in [0.05, 0.1) is 6.54 Å². The fourth-order valence-electron chi connectivity index (χ4n) is 3.20. The number of imide groups is 1. The molecule has 3 amide bonds. The van der Waals surface area contributed by atoms with Gasteiger partial charge in [0.25, 0.3) is 5.91 Å². The molecule has 1 N–H and O–H groups in total. The molecule has 1 unspecified atom stereocenters. The molecular weight excluding hydrogens is 352 g/mol. The number of nitrogens with one attached hydrogen (secondary N) is 1. The lowest BCUT2D eigenvalue weighted by Gasteiger charge is -2.22. The number of benzene rings is 1. The second-order valence-electron chi connectivity index (χ2n) is 6.69. The van der Waals surface area contributed by atoms with Gasteiger partial charge >= 0.3 is 6.03 Å². The van der Waals surface area contributed by atoms with Crippen LogP contribution >= 0.6 is 0 Å². The lowest BCUT2D eigenvalue weighted by atomic mass is 9.91. The van der Waals surface area contributed by atoms with Crippen molar-refractivity contribution in [3.8, 4) is 11.5 Å². The summed E-state index contributed by atoms with van der Waals surface area (Å²) in [5.74, 6) is 1.28. The number of rotatable bonds is 6. The number of amides is 3. The summed E-state index contributed by atoms with van der Waals surface area (Å²) in [6.45, 7) is 4.54. The van der Waals surface area contributed by atoms with Crippen molar-refractivity contribution in [2.45, 2.75) is 45.3 Å². The number of unbranched alkanes of at least 4 members (excludes halogenated alkanes) is 1. The first-order valence-electron chi connectivity index (χ1n) is 8.82. The minimum absolute atomic E-state index is 0.0154. The molecule has 2 aromatic rings. The third-order valence-electron chi connectivity index (χ3n) is 4.85. The van der Waals surface area contributed by atoms with E-state index < -0.39 is 11.6 Å². The number of fused-ring (bicyclic) bond motifs is 1. The highest BCUT2D eigenvalue weighted by Gasteiger charge is 2.49. The summed E-state index contributed by atoms with van der Waals surface area (Å²) >= 11 is 0. The Bertz CT molecular complexity index is 897. The van der Waals surface area contributed by atoms with Crippen LogP contribution in [0, 0.1) is 0 Å². The number of hydrogen-bond acceptors (Lipinski definition) is 7. The van der Waals surface area contributed by atoms with E-state index in [1.165, 1.54) is 0 Å². The number of hydrogen-bond donors (Lipinski definition) is 1. The lowest BCUT2D eigenvalue weighted by molar-refractivity contribution is -0.131. The SMILES string of the molecule is CCCCn1nnnc1CN1C(=O)NC(C)(c2ccc3c(c2)OCO3)C1=O. The minimum atomic E-state index is -1.19. The van der Waals surface area contributed by atoms with Gasteiger partial charge in [0, 0.05) is 6.54 Å². The summed E-state index contributed by atoms with van der Waals surface area (Å²) in [5, 5.41) is 14.3. The molecule has 0 bridgehead atoms. The molecule has 142 valence electrons. The van der Waals surface area contributed by atoms with Crippen LogP contribution < -0.4 is 14.8 Å². The summed E-state index contributed by atoms with van der Waals surface area (Å²) in [5.41, 5.74) is -0.571. The molecule has 4 rings (SSSR count). The molecule has 27 heavy (non-hydrogen) atoms. The Morgan fingerprint density at radius 3 is 2.89 bits per heavy atom. The number of tetrazole rings is 1. The summed E-state index contributed by atoms with van der Waals surface area (Å²) in [6.07, 6.45) is 1.90. The van der Waals surface area contributed by atoms with Crippen LogP contribution in [0.2, 0.25) is 0 Å². The molecule has 0 spiro atoms. The highest BCUT2D eigenvalue weighted by Crippen LogP contribution is 2.38. The molecular formula is C17H20N6O4. The van der Waals surface area contributed by atoms with Crippen molar-refractivity contribution in [1.82, 2.24) is 30.4 Å². The first kappa shape index (κ1) is 17.3. The molecule has 10 nitrogen and oxygen atoms in total. The fraction of sp³-hybridized carbons (Fsp3) is 0.471. The monoisotopic (exact) mass is 372 g/mol. The van der Waals surface area contributed by atoms with Gasteiger partial charge in [-0.05, 0) is 41.5 Å². The quantitative estimate of drug-likeness (QED) is 0.758. The molecule has 0 aliphatic carbocycles. The Morgan fingerprint density at radius 1 is 1.26 bits per heavy atom. The van der Waals surface area contributed by atoms with E-state index in [9.17, 15) is 9.59 Å². The smallest absolute Gasteiger partial charge is 0.325 e. The Balaban J connectivity index is 1.58. The van der Waals surface area contributed by atoms with Gasteiger partial charge in [0.2, 0.25) is 6.79 Å². The van der Waals surface area contributed by atoms with Gasteiger partial charge in [-0.15, -0.1) is 5.10 Å². The van der Waals surface area contributed by atoms with Crippen molar-refractivity contribution in [3.63, 3.8) is 0 Å². The molecule has 0 radical (unpaired) electrons. The van der Waals surface area contributed by atoms with E-state index in [1.807, 2.05) is 0 Å². The normalized spacial score (nSPS) is 21.0. The zero-order valence-electron chi connectivity index (χ0n) is 15.1. The number of carbonyl (C=O) groups excluding carboxylic acids is 2. The highest BCUT2D eigenvalue weighted by atomic mass is 16.7. The van der Waals surface area contributed by atoms with Gasteiger partial charge in [-0.1, -0.05) is 19.4 Å². The molecule has 1 aromatic heterocycles. The van der Waals surface area contributed by atoms with Crippen molar-refractivity contribution in [3.05, 3.63) is 29.6 Å². The standard InChI is InChI=1S/C17H20N6O4/c1-3-4-7-23-14(19-20-21-23)9-22-15(24)17(2,18-16(22)25)11-5-6-12-13(8-11)27-10-26-12/h5-6,8H,3-4,7,9-10H2,1-2H3,(H,18,25). The van der Waals surface area contributed by atoms with Gasteiger partial charge < -0.3 is 14.8 Å². The van der Waals surface area contributed by atoms with Crippen LogP contribution in [0.25, 0.3) is 0 Å². The van der Waals surface area contributed by atoms with Gasteiger partial charge in [-0.2, -0.15) is 0 Å². The molecule has 1 aromatic carbocycles. The Hall–Kier alpha value is -3.17. The number of ether oxygens (including phenoxy) is 2. The zero-order valence-corrected chi connectivity index (χ0v) is 15.1. The van der Waals surface area contributed by atoms with Crippen molar-refractivity contribution < 1.29 is 19.1 Å². The van der Waals surface area contributed by atoms with Gasteiger partial charge in [-0.25, -0.2) is 9.48 Å². The lowest BCUT2D eigenvalue weighted by Crippen LogP contribution is -2.40. The Labute approximate surface area is 155 Å². The summed E-state index contributed by atoms with van der Waals surface area (Å²) in [7, 11) is 0. The zero-order chi connectivity index (χ0) is 19.0. The molecule has 1 fully saturated rings. The first-order chi connectivity index (χ1) is 13.0. The molecule has 1 saturated heterocycles. The molecule has 2 aliphatic heterocycles. The van der Waals surface area contributed by atoms with Crippen LogP contribution in [0.3, 0.4) is 0 Å². The maximum absolute atomic E-state index is 13.1. The number of carbonyl (C=O) groups is 2. The van der Waals surface area contributed by atoms with Crippen LogP contribution in [0.1, 0.15) is 38.1 Å². The summed E-state index contributed by atoms with van der Waals surface area (Å²) in [4.78, 5) is 26.7. The second-order valence-corrected chi connectivity index (χ2v) is 6.69. The third kappa shape index (κ3) is 2.86. The first-order valence-corrected chi connectivity index (χ1v) is 8.82. The van der Waals surface area contributed by atoms with Gasteiger partial charge in [-0.3, -0.25) is 9.69 Å². The molecule has 1 atom stereocenters. The van der Waals surface area contributed by atoms with E-state index in [0.717, 1.165) is 17.7 Å². The average molecular weight is 372 g/mol. The molecule has 2 aliphatic rings. The molecule has 0 saturated carbocycles. The fourth-order valence-corrected chi connectivity index (χ4v) is 3.20.